The number of hydrogen-bond donors (Lipinski definition) is 2. The second-order valence-electron chi connectivity index (χ2n) is 5.45. The second kappa shape index (κ2) is 5.72. The zero-order chi connectivity index (χ0) is 14.0. The van der Waals surface area contributed by atoms with Crippen molar-refractivity contribution in [2.24, 2.45) is 17.6 Å². The predicted octanol–water partition coefficient (Wildman–Crippen LogP) is 2.63. The molecule has 1 aromatic heterocycles. The second-order valence-corrected chi connectivity index (χ2v) is 5.45. The maximum atomic E-state index is 6.43. The molecule has 2 atom stereocenters. The first-order valence-corrected chi connectivity index (χ1v) is 6.80. The molecule has 0 fully saturated rings. The summed E-state index contributed by atoms with van der Waals surface area (Å²) in [6.07, 6.45) is 0. The Kier molecular flexibility index (Phi) is 4.22. The Morgan fingerprint density at radius 1 is 1.37 bits per heavy atom. The third kappa shape index (κ3) is 2.96. The molecular weight excluding hydrogens is 238 g/mol. The highest BCUT2D eigenvalue weighted by atomic mass is 16.3. The highest BCUT2D eigenvalue weighted by molar-refractivity contribution is 5.73. The number of aromatic nitrogens is 1. The fourth-order valence-corrected chi connectivity index (χ4v) is 2.53. The highest BCUT2D eigenvalue weighted by Gasteiger charge is 2.22. The van der Waals surface area contributed by atoms with E-state index in [9.17, 15) is 0 Å². The van der Waals surface area contributed by atoms with Gasteiger partial charge < -0.3 is 15.5 Å². The topological polar surface area (TPSA) is 64.1 Å². The van der Waals surface area contributed by atoms with Crippen molar-refractivity contribution >= 4 is 11.1 Å². The zero-order valence-corrected chi connectivity index (χ0v) is 12.1. The minimum atomic E-state index is 0.00820. The molecule has 0 amide bonds. The smallest absolute Gasteiger partial charge is 0.192 e. The molecule has 0 aliphatic carbocycles. The van der Waals surface area contributed by atoms with Crippen LogP contribution in [0.25, 0.3) is 11.1 Å². The fourth-order valence-electron chi connectivity index (χ4n) is 2.53. The molecule has 2 unspecified atom stereocenters. The van der Waals surface area contributed by atoms with Crippen LogP contribution in [0.5, 0.6) is 0 Å². The van der Waals surface area contributed by atoms with Gasteiger partial charge in [-0.3, -0.25) is 0 Å². The van der Waals surface area contributed by atoms with E-state index >= 15 is 0 Å². The van der Waals surface area contributed by atoms with Gasteiger partial charge in [-0.2, -0.15) is 0 Å². The summed E-state index contributed by atoms with van der Waals surface area (Å²) in [5, 5.41) is 3.23. The summed E-state index contributed by atoms with van der Waals surface area (Å²) in [6.45, 7) is 7.19. The molecule has 104 valence electrons. The van der Waals surface area contributed by atoms with E-state index in [1.807, 2.05) is 32.2 Å². The van der Waals surface area contributed by atoms with Crippen molar-refractivity contribution in [1.29, 1.82) is 0 Å². The fraction of sp³-hybridized carbons (Fsp3) is 0.533. The summed E-state index contributed by atoms with van der Waals surface area (Å²) in [6, 6.07) is 6.06. The minimum absolute atomic E-state index is 0.00820. The summed E-state index contributed by atoms with van der Waals surface area (Å²) in [7, 11) is 1.96. The van der Waals surface area contributed by atoms with Gasteiger partial charge in [-0.25, -0.2) is 4.98 Å². The van der Waals surface area contributed by atoms with Crippen molar-refractivity contribution in [3.8, 4) is 0 Å². The van der Waals surface area contributed by atoms with Crippen molar-refractivity contribution in [2.75, 3.05) is 13.6 Å². The summed E-state index contributed by atoms with van der Waals surface area (Å²) in [5.74, 6) is 1.61. The molecule has 0 aliphatic heterocycles. The van der Waals surface area contributed by atoms with Gasteiger partial charge in [0, 0.05) is 13.0 Å². The Morgan fingerprint density at radius 2 is 2.11 bits per heavy atom. The summed E-state index contributed by atoms with van der Waals surface area (Å²) in [4.78, 5) is 4.37. The van der Waals surface area contributed by atoms with Crippen LogP contribution in [-0.4, -0.2) is 18.6 Å². The van der Waals surface area contributed by atoms with Crippen molar-refractivity contribution in [3.05, 3.63) is 29.7 Å². The molecule has 0 spiro atoms. The third-order valence-electron chi connectivity index (χ3n) is 3.66. The Hall–Kier alpha value is -1.39. The Bertz CT molecular complexity index is 547. The van der Waals surface area contributed by atoms with Crippen LogP contribution in [0.15, 0.2) is 22.6 Å². The average molecular weight is 261 g/mol. The molecule has 0 saturated heterocycles. The number of nitrogens with zero attached hydrogens (tertiary/aromatic N) is 1. The average Bonchev–Trinajstić information content (AvgIpc) is 2.73. The van der Waals surface area contributed by atoms with Crippen LogP contribution in [0, 0.1) is 18.8 Å². The maximum absolute atomic E-state index is 6.43. The van der Waals surface area contributed by atoms with Crippen molar-refractivity contribution < 1.29 is 4.42 Å². The molecule has 1 aromatic carbocycles. The van der Waals surface area contributed by atoms with Gasteiger partial charge in [-0.05, 0) is 43.1 Å². The number of hydrogen-bond acceptors (Lipinski definition) is 4. The minimum Gasteiger partial charge on any atom is -0.441 e. The first-order chi connectivity index (χ1) is 9.02. The van der Waals surface area contributed by atoms with Gasteiger partial charge in [0.15, 0.2) is 11.5 Å². The van der Waals surface area contributed by atoms with E-state index in [4.69, 9.17) is 10.2 Å². The quantitative estimate of drug-likeness (QED) is 0.868. The SMILES string of the molecule is CNCC(C(C)C)C(N)c1ccc2oc(C)nc2c1. The lowest BCUT2D eigenvalue weighted by Crippen LogP contribution is -2.33. The van der Waals surface area contributed by atoms with Crippen LogP contribution in [-0.2, 0) is 0 Å². The van der Waals surface area contributed by atoms with E-state index in [1.54, 1.807) is 0 Å². The van der Waals surface area contributed by atoms with Gasteiger partial charge in [0.1, 0.15) is 5.52 Å². The van der Waals surface area contributed by atoms with Gasteiger partial charge in [0.05, 0.1) is 0 Å². The zero-order valence-electron chi connectivity index (χ0n) is 12.1. The van der Waals surface area contributed by atoms with Crippen LogP contribution in [0.3, 0.4) is 0 Å². The van der Waals surface area contributed by atoms with E-state index in [0.29, 0.717) is 17.7 Å². The summed E-state index contributed by atoms with van der Waals surface area (Å²) in [5.41, 5.74) is 9.25. The first-order valence-electron chi connectivity index (χ1n) is 6.80. The third-order valence-corrected chi connectivity index (χ3v) is 3.66. The molecule has 0 radical (unpaired) electrons. The first kappa shape index (κ1) is 14.0. The van der Waals surface area contributed by atoms with E-state index in [0.717, 1.165) is 23.2 Å². The van der Waals surface area contributed by atoms with E-state index in [-0.39, 0.29) is 6.04 Å². The Labute approximate surface area is 114 Å². The molecule has 2 aromatic rings. The van der Waals surface area contributed by atoms with E-state index in [2.05, 4.69) is 24.1 Å². The van der Waals surface area contributed by atoms with Gasteiger partial charge in [0.25, 0.3) is 0 Å². The predicted molar refractivity (Wildman–Crippen MR) is 77.9 cm³/mol. The monoisotopic (exact) mass is 261 g/mol. The van der Waals surface area contributed by atoms with Crippen molar-refractivity contribution in [2.45, 2.75) is 26.8 Å². The number of nitrogens with one attached hydrogen (secondary N) is 1. The van der Waals surface area contributed by atoms with Gasteiger partial charge >= 0.3 is 0 Å². The molecule has 0 saturated carbocycles. The summed E-state index contributed by atoms with van der Waals surface area (Å²) < 4.78 is 5.49. The van der Waals surface area contributed by atoms with Crippen molar-refractivity contribution in [1.82, 2.24) is 10.3 Å². The highest BCUT2D eigenvalue weighted by Crippen LogP contribution is 2.28. The summed E-state index contributed by atoms with van der Waals surface area (Å²) >= 11 is 0. The molecular formula is C15H23N3O. The molecule has 19 heavy (non-hydrogen) atoms. The number of aryl methyl sites for hydroxylation is 1. The molecule has 0 aliphatic rings. The number of benzene rings is 1. The standard InChI is InChI=1S/C15H23N3O/c1-9(2)12(8-17-4)15(16)11-5-6-14-13(7-11)18-10(3)19-14/h5-7,9,12,15,17H,8,16H2,1-4H3. The van der Waals surface area contributed by atoms with Crippen LogP contribution < -0.4 is 11.1 Å². The molecule has 4 nitrogen and oxygen atoms in total. The van der Waals surface area contributed by atoms with Crippen molar-refractivity contribution in [3.63, 3.8) is 0 Å². The maximum Gasteiger partial charge on any atom is 0.192 e. The number of nitrogens with two attached hydrogens (primary N) is 1. The van der Waals surface area contributed by atoms with E-state index < -0.39 is 0 Å². The molecule has 0 bridgehead atoms. The lowest BCUT2D eigenvalue weighted by molar-refractivity contribution is 0.314. The Morgan fingerprint density at radius 3 is 2.74 bits per heavy atom. The lowest BCUT2D eigenvalue weighted by Gasteiger charge is -2.27. The van der Waals surface area contributed by atoms with E-state index in [1.165, 1.54) is 0 Å². The van der Waals surface area contributed by atoms with Gasteiger partial charge in [-0.15, -0.1) is 0 Å². The Balaban J connectivity index is 2.31. The number of oxazole rings is 1. The molecule has 1 heterocycles. The largest absolute Gasteiger partial charge is 0.441 e. The lowest BCUT2D eigenvalue weighted by atomic mass is 9.85. The molecule has 3 N–H and O–H groups in total. The van der Waals surface area contributed by atoms with Gasteiger partial charge in [-0.1, -0.05) is 19.9 Å². The van der Waals surface area contributed by atoms with Crippen LogP contribution in [0.4, 0.5) is 0 Å². The normalized spacial score (nSPS) is 15.1. The van der Waals surface area contributed by atoms with Crippen LogP contribution in [0.2, 0.25) is 0 Å². The molecule has 2 rings (SSSR count). The number of fused-ring (bicyclic) bond motifs is 1. The van der Waals surface area contributed by atoms with Crippen LogP contribution >= 0.6 is 0 Å². The number of rotatable bonds is 5. The van der Waals surface area contributed by atoms with Gasteiger partial charge in [0.2, 0.25) is 0 Å². The van der Waals surface area contributed by atoms with Crippen LogP contribution in [0.1, 0.15) is 31.3 Å². The molecule has 4 heteroatoms.